The van der Waals surface area contributed by atoms with Gasteiger partial charge in [-0.05, 0) is 49.9 Å². The first-order chi connectivity index (χ1) is 15.6. The van der Waals surface area contributed by atoms with E-state index in [1.165, 1.54) is 25.0 Å². The number of hydrogen-bond donors (Lipinski definition) is 0. The lowest BCUT2D eigenvalue weighted by Crippen LogP contribution is -2.39. The van der Waals surface area contributed by atoms with Crippen LogP contribution in [0.3, 0.4) is 0 Å². The minimum atomic E-state index is -0.394. The summed E-state index contributed by atoms with van der Waals surface area (Å²) in [5.74, 6) is 0.336. The predicted octanol–water partition coefficient (Wildman–Crippen LogP) is 3.64. The highest BCUT2D eigenvalue weighted by atomic mass is 19.1. The van der Waals surface area contributed by atoms with Crippen LogP contribution in [0.4, 0.5) is 10.3 Å². The monoisotopic (exact) mass is 434 g/mol. The maximum atomic E-state index is 13.6. The number of halogens is 1. The Bertz CT molecular complexity index is 1120. The first-order valence-electron chi connectivity index (χ1n) is 11.3. The van der Waals surface area contributed by atoms with Gasteiger partial charge >= 0.3 is 0 Å². The van der Waals surface area contributed by atoms with Crippen molar-refractivity contribution < 1.29 is 9.18 Å². The van der Waals surface area contributed by atoms with E-state index >= 15 is 0 Å². The lowest BCUT2D eigenvalue weighted by molar-refractivity contribution is 0.0705. The van der Waals surface area contributed by atoms with Gasteiger partial charge in [0.1, 0.15) is 5.82 Å². The molecule has 4 heterocycles. The SMILES string of the molecule is Cn1cc(-c2ccnc(N3CCCC3)n2)c([C@@H]2CCCN(C(=O)c3cccc(F)c3)C2)n1. The van der Waals surface area contributed by atoms with Crippen molar-refractivity contribution >= 4 is 11.9 Å². The number of aryl methyl sites for hydroxylation is 1. The molecule has 32 heavy (non-hydrogen) atoms. The molecule has 2 saturated heterocycles. The fourth-order valence-electron chi connectivity index (χ4n) is 4.76. The third kappa shape index (κ3) is 4.09. The number of hydrogen-bond acceptors (Lipinski definition) is 5. The smallest absolute Gasteiger partial charge is 0.253 e. The van der Waals surface area contributed by atoms with E-state index in [0.717, 1.165) is 48.8 Å². The molecule has 0 N–H and O–H groups in total. The van der Waals surface area contributed by atoms with Gasteiger partial charge in [-0.15, -0.1) is 0 Å². The molecule has 0 saturated carbocycles. The van der Waals surface area contributed by atoms with Crippen LogP contribution in [0.2, 0.25) is 0 Å². The van der Waals surface area contributed by atoms with Crippen molar-refractivity contribution in [3.8, 4) is 11.3 Å². The number of piperidine rings is 1. The molecule has 1 aromatic carbocycles. The molecule has 5 rings (SSSR count). The maximum Gasteiger partial charge on any atom is 0.253 e. The van der Waals surface area contributed by atoms with Gasteiger partial charge in [-0.3, -0.25) is 9.48 Å². The summed E-state index contributed by atoms with van der Waals surface area (Å²) >= 11 is 0. The summed E-state index contributed by atoms with van der Waals surface area (Å²) in [7, 11) is 1.91. The van der Waals surface area contributed by atoms with Gasteiger partial charge in [0.05, 0.1) is 11.4 Å². The number of nitrogens with zero attached hydrogens (tertiary/aromatic N) is 6. The molecule has 2 fully saturated rings. The Morgan fingerprint density at radius 2 is 1.97 bits per heavy atom. The van der Waals surface area contributed by atoms with E-state index in [-0.39, 0.29) is 11.8 Å². The van der Waals surface area contributed by atoms with Crippen molar-refractivity contribution in [2.75, 3.05) is 31.1 Å². The number of amides is 1. The van der Waals surface area contributed by atoms with E-state index in [2.05, 4.69) is 9.88 Å². The Morgan fingerprint density at radius 3 is 2.78 bits per heavy atom. The fraction of sp³-hybridized carbons (Fsp3) is 0.417. The van der Waals surface area contributed by atoms with Crippen molar-refractivity contribution in [3.63, 3.8) is 0 Å². The zero-order valence-electron chi connectivity index (χ0n) is 18.2. The van der Waals surface area contributed by atoms with E-state index in [1.54, 1.807) is 12.1 Å². The summed E-state index contributed by atoms with van der Waals surface area (Å²) < 4.78 is 15.4. The molecule has 8 heteroatoms. The second-order valence-electron chi connectivity index (χ2n) is 8.64. The van der Waals surface area contributed by atoms with Crippen molar-refractivity contribution in [1.82, 2.24) is 24.6 Å². The summed E-state index contributed by atoms with van der Waals surface area (Å²) in [6.45, 7) is 3.20. The molecule has 0 bridgehead atoms. The highest BCUT2D eigenvalue weighted by Gasteiger charge is 2.30. The summed E-state index contributed by atoms with van der Waals surface area (Å²) in [4.78, 5) is 26.3. The van der Waals surface area contributed by atoms with Gasteiger partial charge < -0.3 is 9.80 Å². The Balaban J connectivity index is 1.41. The molecule has 7 nitrogen and oxygen atoms in total. The van der Waals surface area contributed by atoms with Gasteiger partial charge in [-0.25, -0.2) is 14.4 Å². The van der Waals surface area contributed by atoms with Crippen LogP contribution in [-0.2, 0) is 7.05 Å². The van der Waals surface area contributed by atoms with Crippen molar-refractivity contribution in [1.29, 1.82) is 0 Å². The zero-order valence-corrected chi connectivity index (χ0v) is 18.2. The van der Waals surface area contributed by atoms with Gasteiger partial charge in [0.25, 0.3) is 5.91 Å². The maximum absolute atomic E-state index is 13.6. The topological polar surface area (TPSA) is 67.2 Å². The average Bonchev–Trinajstić information content (AvgIpc) is 3.49. The Kier molecular flexibility index (Phi) is 5.59. The number of anilines is 1. The van der Waals surface area contributed by atoms with E-state index in [9.17, 15) is 9.18 Å². The zero-order chi connectivity index (χ0) is 22.1. The molecule has 3 aromatic rings. The van der Waals surface area contributed by atoms with E-state index in [4.69, 9.17) is 10.1 Å². The molecule has 0 radical (unpaired) electrons. The molecular weight excluding hydrogens is 407 g/mol. The molecular formula is C24H27FN6O. The molecule has 2 aliphatic heterocycles. The standard InChI is InChI=1S/C24H27FN6O/c1-29-16-20(21-9-10-26-24(27-21)30-11-2-3-12-30)22(28-29)18-7-5-13-31(15-18)23(32)17-6-4-8-19(25)14-17/h4,6,8-10,14,16,18H,2-3,5,7,11-13,15H2,1H3/t18-/m1/s1. The quantitative estimate of drug-likeness (QED) is 0.627. The first kappa shape index (κ1) is 20.6. The van der Waals surface area contributed by atoms with Crippen LogP contribution in [0.1, 0.15) is 47.7 Å². The van der Waals surface area contributed by atoms with Crippen LogP contribution in [0.5, 0.6) is 0 Å². The number of likely N-dealkylation sites (tertiary alicyclic amines) is 1. The normalized spacial score (nSPS) is 18.9. The highest BCUT2D eigenvalue weighted by Crippen LogP contribution is 2.34. The minimum absolute atomic E-state index is 0.0997. The molecule has 0 spiro atoms. The summed E-state index contributed by atoms with van der Waals surface area (Å²) in [6.07, 6.45) is 7.98. The molecule has 2 aliphatic rings. The third-order valence-electron chi connectivity index (χ3n) is 6.33. The van der Waals surface area contributed by atoms with Crippen LogP contribution >= 0.6 is 0 Å². The van der Waals surface area contributed by atoms with Crippen molar-refractivity contribution in [2.45, 2.75) is 31.6 Å². The number of carbonyl (C=O) groups excluding carboxylic acids is 1. The lowest BCUT2D eigenvalue weighted by atomic mass is 9.91. The number of aromatic nitrogens is 4. The molecule has 0 unspecified atom stereocenters. The molecule has 0 aliphatic carbocycles. The fourth-order valence-corrected chi connectivity index (χ4v) is 4.76. The number of carbonyl (C=O) groups is 1. The van der Waals surface area contributed by atoms with Crippen molar-refractivity contribution in [2.24, 2.45) is 7.05 Å². The van der Waals surface area contributed by atoms with E-state index < -0.39 is 5.82 Å². The first-order valence-corrected chi connectivity index (χ1v) is 11.3. The highest BCUT2D eigenvalue weighted by molar-refractivity contribution is 5.94. The number of benzene rings is 1. The van der Waals surface area contributed by atoms with Crippen molar-refractivity contribution in [3.05, 3.63) is 59.8 Å². The molecule has 166 valence electrons. The van der Waals surface area contributed by atoms with Gasteiger partial charge in [0.2, 0.25) is 5.95 Å². The van der Waals surface area contributed by atoms with Crippen LogP contribution in [0, 0.1) is 5.82 Å². The average molecular weight is 435 g/mol. The minimum Gasteiger partial charge on any atom is -0.341 e. The lowest BCUT2D eigenvalue weighted by Gasteiger charge is -2.32. The van der Waals surface area contributed by atoms with Crippen LogP contribution in [-0.4, -0.2) is 56.7 Å². The third-order valence-corrected chi connectivity index (χ3v) is 6.33. The number of rotatable bonds is 4. The second-order valence-corrected chi connectivity index (χ2v) is 8.64. The van der Waals surface area contributed by atoms with Crippen LogP contribution in [0.25, 0.3) is 11.3 Å². The Morgan fingerprint density at radius 1 is 1.12 bits per heavy atom. The van der Waals surface area contributed by atoms with Gasteiger partial charge in [-0.2, -0.15) is 5.10 Å². The molecule has 1 atom stereocenters. The summed E-state index contributed by atoms with van der Waals surface area (Å²) in [6, 6.07) is 7.83. The van der Waals surface area contributed by atoms with Gasteiger partial charge in [0, 0.05) is 62.7 Å². The Hall–Kier alpha value is -3.29. The van der Waals surface area contributed by atoms with Gasteiger partial charge in [-0.1, -0.05) is 6.07 Å². The summed E-state index contributed by atoms with van der Waals surface area (Å²) in [5, 5.41) is 4.76. The largest absolute Gasteiger partial charge is 0.341 e. The predicted molar refractivity (Wildman–Crippen MR) is 120 cm³/mol. The van der Waals surface area contributed by atoms with Crippen LogP contribution in [0.15, 0.2) is 42.7 Å². The molecule has 2 aromatic heterocycles. The van der Waals surface area contributed by atoms with Gasteiger partial charge in [0.15, 0.2) is 0 Å². The second kappa shape index (κ2) is 8.68. The Labute approximate surface area is 186 Å². The van der Waals surface area contributed by atoms with Crippen LogP contribution < -0.4 is 4.90 Å². The van der Waals surface area contributed by atoms with E-state index in [0.29, 0.717) is 18.7 Å². The summed E-state index contributed by atoms with van der Waals surface area (Å²) in [5.41, 5.74) is 3.19. The molecule has 1 amide bonds. The van der Waals surface area contributed by atoms with E-state index in [1.807, 2.05) is 35.1 Å².